The van der Waals surface area contributed by atoms with Crippen LogP contribution in [-0.2, 0) is 16.6 Å². The Morgan fingerprint density at radius 2 is 2.29 bits per heavy atom. The lowest BCUT2D eigenvalue weighted by molar-refractivity contribution is 0.583. The molecule has 0 spiro atoms. The van der Waals surface area contributed by atoms with E-state index in [1.165, 1.54) is 6.07 Å². The summed E-state index contributed by atoms with van der Waals surface area (Å²) in [5, 5.41) is 1.60. The van der Waals surface area contributed by atoms with E-state index in [0.29, 0.717) is 5.69 Å². The molecule has 90 valence electrons. The van der Waals surface area contributed by atoms with Crippen LogP contribution in [-0.4, -0.2) is 13.4 Å². The summed E-state index contributed by atoms with van der Waals surface area (Å²) in [6.07, 6.45) is 3.25. The van der Waals surface area contributed by atoms with E-state index in [0.717, 1.165) is 16.9 Å². The standard InChI is InChI=1S/C10H11N3O2S2/c11-9-4-10(16-7-9)17(14,15)13-6-8-2-1-3-12-5-8/h1-5,7,13H,6,11H2. The van der Waals surface area contributed by atoms with Crippen molar-refractivity contribution in [2.24, 2.45) is 0 Å². The molecule has 0 saturated heterocycles. The van der Waals surface area contributed by atoms with Crippen molar-refractivity contribution in [2.45, 2.75) is 10.8 Å². The maximum atomic E-state index is 11.8. The number of aromatic nitrogens is 1. The van der Waals surface area contributed by atoms with Gasteiger partial charge in [-0.25, -0.2) is 13.1 Å². The molecule has 2 rings (SSSR count). The molecule has 2 aromatic rings. The fraction of sp³-hybridized carbons (Fsp3) is 0.100. The molecular formula is C10H11N3O2S2. The van der Waals surface area contributed by atoms with Gasteiger partial charge in [0.15, 0.2) is 0 Å². The zero-order valence-corrected chi connectivity index (χ0v) is 10.5. The van der Waals surface area contributed by atoms with E-state index < -0.39 is 10.0 Å². The Hall–Kier alpha value is -1.44. The van der Waals surface area contributed by atoms with Crippen LogP contribution >= 0.6 is 11.3 Å². The van der Waals surface area contributed by atoms with E-state index in [2.05, 4.69) is 9.71 Å². The molecule has 0 amide bonds. The minimum Gasteiger partial charge on any atom is -0.398 e. The Morgan fingerprint density at radius 3 is 2.88 bits per heavy atom. The number of pyridine rings is 1. The Kier molecular flexibility index (Phi) is 3.41. The number of hydrogen-bond donors (Lipinski definition) is 2. The molecule has 0 bridgehead atoms. The van der Waals surface area contributed by atoms with Gasteiger partial charge in [0.05, 0.1) is 0 Å². The molecule has 0 fully saturated rings. The van der Waals surface area contributed by atoms with Gasteiger partial charge in [-0.1, -0.05) is 6.07 Å². The normalized spacial score (nSPS) is 11.5. The fourth-order valence-electron chi connectivity index (χ4n) is 1.22. The maximum absolute atomic E-state index is 11.8. The quantitative estimate of drug-likeness (QED) is 0.873. The molecule has 3 N–H and O–H groups in total. The minimum absolute atomic E-state index is 0.216. The summed E-state index contributed by atoms with van der Waals surface area (Å²) in [5.41, 5.74) is 6.75. The van der Waals surface area contributed by atoms with Crippen LogP contribution in [0.3, 0.4) is 0 Å². The molecule has 5 nitrogen and oxygen atoms in total. The molecule has 0 unspecified atom stereocenters. The second-order valence-corrected chi connectivity index (χ2v) is 6.29. The van der Waals surface area contributed by atoms with Crippen molar-refractivity contribution in [3.8, 4) is 0 Å². The van der Waals surface area contributed by atoms with Crippen molar-refractivity contribution in [3.63, 3.8) is 0 Å². The van der Waals surface area contributed by atoms with Crippen molar-refractivity contribution in [3.05, 3.63) is 41.5 Å². The lowest BCUT2D eigenvalue weighted by atomic mass is 10.3. The molecule has 0 aliphatic rings. The van der Waals surface area contributed by atoms with Crippen molar-refractivity contribution < 1.29 is 8.42 Å². The van der Waals surface area contributed by atoms with Crippen molar-refractivity contribution in [2.75, 3.05) is 5.73 Å². The first-order chi connectivity index (χ1) is 8.08. The summed E-state index contributed by atoms with van der Waals surface area (Å²) in [7, 11) is -3.48. The Morgan fingerprint density at radius 1 is 1.47 bits per heavy atom. The van der Waals surface area contributed by atoms with Crippen molar-refractivity contribution in [1.29, 1.82) is 0 Å². The molecule has 0 saturated carbocycles. The van der Waals surface area contributed by atoms with Crippen LogP contribution in [0.25, 0.3) is 0 Å². The molecule has 2 heterocycles. The number of thiophene rings is 1. The van der Waals surface area contributed by atoms with Crippen molar-refractivity contribution in [1.82, 2.24) is 9.71 Å². The highest BCUT2D eigenvalue weighted by Gasteiger charge is 2.15. The summed E-state index contributed by atoms with van der Waals surface area (Å²) < 4.78 is 26.4. The van der Waals surface area contributed by atoms with Crippen LogP contribution in [0, 0.1) is 0 Å². The van der Waals surface area contributed by atoms with Gasteiger partial charge in [-0.2, -0.15) is 0 Å². The number of nitrogen functional groups attached to an aromatic ring is 1. The monoisotopic (exact) mass is 269 g/mol. The maximum Gasteiger partial charge on any atom is 0.250 e. The van der Waals surface area contributed by atoms with E-state index in [1.807, 2.05) is 0 Å². The third-order valence-electron chi connectivity index (χ3n) is 2.05. The lowest BCUT2D eigenvalue weighted by Gasteiger charge is -2.03. The zero-order chi connectivity index (χ0) is 12.3. The van der Waals surface area contributed by atoms with Gasteiger partial charge in [0.2, 0.25) is 10.0 Å². The summed E-state index contributed by atoms with van der Waals surface area (Å²) >= 11 is 1.10. The topological polar surface area (TPSA) is 85.1 Å². The minimum atomic E-state index is -3.48. The largest absolute Gasteiger partial charge is 0.398 e. The van der Waals surface area contributed by atoms with Gasteiger partial charge < -0.3 is 5.73 Å². The first-order valence-electron chi connectivity index (χ1n) is 4.80. The molecular weight excluding hydrogens is 258 g/mol. The predicted molar refractivity (Wildman–Crippen MR) is 67.0 cm³/mol. The number of nitrogens with one attached hydrogen (secondary N) is 1. The Balaban J connectivity index is 2.09. The lowest BCUT2D eigenvalue weighted by Crippen LogP contribution is -2.22. The third-order valence-corrected chi connectivity index (χ3v) is 4.91. The number of hydrogen-bond acceptors (Lipinski definition) is 5. The molecule has 17 heavy (non-hydrogen) atoms. The van der Waals surface area contributed by atoms with Crippen LogP contribution in [0.5, 0.6) is 0 Å². The van der Waals surface area contributed by atoms with E-state index in [1.54, 1.807) is 29.9 Å². The van der Waals surface area contributed by atoms with Crippen LogP contribution < -0.4 is 10.5 Å². The highest BCUT2D eigenvalue weighted by Crippen LogP contribution is 2.21. The molecule has 2 aromatic heterocycles. The smallest absolute Gasteiger partial charge is 0.250 e. The van der Waals surface area contributed by atoms with Gasteiger partial charge >= 0.3 is 0 Å². The van der Waals surface area contributed by atoms with Gasteiger partial charge in [0, 0.05) is 30.0 Å². The molecule has 0 aliphatic heterocycles. The Labute approximate surface area is 103 Å². The molecule has 0 atom stereocenters. The predicted octanol–water partition coefficient (Wildman–Crippen LogP) is 1.20. The average Bonchev–Trinajstić information content (AvgIpc) is 2.76. The molecule has 7 heteroatoms. The average molecular weight is 269 g/mol. The van der Waals surface area contributed by atoms with Crippen LogP contribution in [0.2, 0.25) is 0 Å². The molecule has 0 aliphatic carbocycles. The van der Waals surface area contributed by atoms with E-state index in [4.69, 9.17) is 5.73 Å². The van der Waals surface area contributed by atoms with E-state index in [9.17, 15) is 8.42 Å². The zero-order valence-electron chi connectivity index (χ0n) is 8.83. The summed E-state index contributed by atoms with van der Waals surface area (Å²) in [5.74, 6) is 0. The summed E-state index contributed by atoms with van der Waals surface area (Å²) in [6, 6.07) is 5.00. The first-order valence-corrected chi connectivity index (χ1v) is 7.17. The fourth-order valence-corrected chi connectivity index (χ4v) is 3.37. The van der Waals surface area contributed by atoms with E-state index >= 15 is 0 Å². The third kappa shape index (κ3) is 3.02. The SMILES string of the molecule is Nc1csc(S(=O)(=O)NCc2cccnc2)c1. The second kappa shape index (κ2) is 4.82. The van der Waals surface area contributed by atoms with Gasteiger partial charge in [-0.05, 0) is 17.7 Å². The molecule has 0 radical (unpaired) electrons. The van der Waals surface area contributed by atoms with Crippen LogP contribution in [0.4, 0.5) is 5.69 Å². The van der Waals surface area contributed by atoms with Gasteiger partial charge in [0.25, 0.3) is 0 Å². The number of rotatable bonds is 4. The van der Waals surface area contributed by atoms with Crippen molar-refractivity contribution >= 4 is 27.0 Å². The van der Waals surface area contributed by atoms with Gasteiger partial charge in [0.1, 0.15) is 4.21 Å². The number of nitrogens with two attached hydrogens (primary N) is 1. The number of anilines is 1. The highest BCUT2D eigenvalue weighted by atomic mass is 32.2. The number of sulfonamides is 1. The second-order valence-electron chi connectivity index (χ2n) is 3.38. The number of nitrogens with zero attached hydrogens (tertiary/aromatic N) is 1. The summed E-state index contributed by atoms with van der Waals surface area (Å²) in [4.78, 5) is 3.91. The van der Waals surface area contributed by atoms with E-state index in [-0.39, 0.29) is 10.8 Å². The highest BCUT2D eigenvalue weighted by molar-refractivity contribution is 7.91. The first kappa shape index (κ1) is 12.0. The Bertz CT molecular complexity index is 593. The summed E-state index contributed by atoms with van der Waals surface area (Å²) in [6.45, 7) is 0.216. The van der Waals surface area contributed by atoms with Crippen LogP contribution in [0.15, 0.2) is 40.2 Å². The van der Waals surface area contributed by atoms with Crippen LogP contribution in [0.1, 0.15) is 5.56 Å². The van der Waals surface area contributed by atoms with Gasteiger partial charge in [-0.3, -0.25) is 4.98 Å². The molecule has 0 aromatic carbocycles. The van der Waals surface area contributed by atoms with Gasteiger partial charge in [-0.15, -0.1) is 11.3 Å².